The van der Waals surface area contributed by atoms with Crippen LogP contribution in [0.4, 0.5) is 0 Å². The molecule has 0 atom stereocenters. The number of morpholine rings is 1. The van der Waals surface area contributed by atoms with Crippen LogP contribution in [0.3, 0.4) is 0 Å². The second kappa shape index (κ2) is 7.39. The maximum absolute atomic E-state index is 12.9. The van der Waals surface area contributed by atoms with Gasteiger partial charge in [0.15, 0.2) is 0 Å². The van der Waals surface area contributed by atoms with Crippen molar-refractivity contribution in [3.05, 3.63) is 17.5 Å². The molecule has 2 aliphatic heterocycles. The maximum atomic E-state index is 12.9. The van der Waals surface area contributed by atoms with E-state index in [0.717, 1.165) is 18.5 Å². The molecule has 3 heterocycles. The molecule has 0 aromatic carbocycles. The average molecular weight is 362 g/mol. The molecule has 3 rings (SSSR count). The summed E-state index contributed by atoms with van der Waals surface area (Å²) in [4.78, 5) is 29.3. The van der Waals surface area contributed by atoms with Gasteiger partial charge >= 0.3 is 0 Å². The Labute approximate surface area is 155 Å². The van der Waals surface area contributed by atoms with Crippen LogP contribution in [0.1, 0.15) is 49.8 Å². The molecule has 2 fully saturated rings. The Morgan fingerprint density at radius 3 is 2.23 bits per heavy atom. The van der Waals surface area contributed by atoms with E-state index < -0.39 is 0 Å². The van der Waals surface area contributed by atoms with E-state index in [0.29, 0.717) is 45.1 Å². The topological polar surface area (TPSA) is 67.7 Å². The molecule has 7 nitrogen and oxygen atoms in total. The number of hydrogen-bond donors (Lipinski definition) is 0. The van der Waals surface area contributed by atoms with Gasteiger partial charge in [-0.3, -0.25) is 14.3 Å². The molecule has 1 aromatic heterocycles. The van der Waals surface area contributed by atoms with Crippen molar-refractivity contribution in [2.75, 3.05) is 39.4 Å². The van der Waals surface area contributed by atoms with Crippen LogP contribution in [-0.2, 0) is 22.0 Å². The summed E-state index contributed by atoms with van der Waals surface area (Å²) in [6.07, 6.45) is 1.46. The summed E-state index contributed by atoms with van der Waals surface area (Å²) in [5.41, 5.74) is 1.45. The molecule has 2 amide bonds. The second-order valence-electron chi connectivity index (χ2n) is 8.29. The highest BCUT2D eigenvalue weighted by molar-refractivity contribution is 5.93. The SMILES string of the molecule is Cn1nc(C(C)(C)C)cc1C(=O)N1CCC(C(=O)N2CCOCC2)CC1. The standard InChI is InChI=1S/C19H30N4O3/c1-19(2,3)16-13-15(21(4)20-16)18(25)22-7-5-14(6-8-22)17(24)23-9-11-26-12-10-23/h13-14H,5-12H2,1-4H3. The van der Waals surface area contributed by atoms with E-state index in [9.17, 15) is 9.59 Å². The molecule has 0 bridgehead atoms. The zero-order valence-electron chi connectivity index (χ0n) is 16.3. The van der Waals surface area contributed by atoms with E-state index in [-0.39, 0.29) is 23.1 Å². The van der Waals surface area contributed by atoms with Gasteiger partial charge in [-0.1, -0.05) is 20.8 Å². The first kappa shape index (κ1) is 18.9. The van der Waals surface area contributed by atoms with Crippen LogP contribution in [0, 0.1) is 5.92 Å². The van der Waals surface area contributed by atoms with Crippen LogP contribution in [-0.4, -0.2) is 70.8 Å². The van der Waals surface area contributed by atoms with Gasteiger partial charge in [0.25, 0.3) is 5.91 Å². The van der Waals surface area contributed by atoms with E-state index in [1.54, 1.807) is 4.68 Å². The quantitative estimate of drug-likeness (QED) is 0.798. The van der Waals surface area contributed by atoms with Gasteiger partial charge in [-0.25, -0.2) is 0 Å². The third-order valence-electron chi connectivity index (χ3n) is 5.32. The van der Waals surface area contributed by atoms with Crippen molar-refractivity contribution in [3.63, 3.8) is 0 Å². The van der Waals surface area contributed by atoms with Crippen LogP contribution in [0.5, 0.6) is 0 Å². The Bertz CT molecular complexity index is 663. The lowest BCUT2D eigenvalue weighted by Crippen LogP contribution is -2.47. The normalized spacial score (nSPS) is 19.7. The summed E-state index contributed by atoms with van der Waals surface area (Å²) in [5, 5.41) is 4.50. The number of piperidine rings is 1. The highest BCUT2D eigenvalue weighted by Crippen LogP contribution is 2.24. The number of carbonyl (C=O) groups excluding carboxylic acids is 2. The number of rotatable bonds is 2. The first-order valence-corrected chi connectivity index (χ1v) is 9.47. The van der Waals surface area contributed by atoms with Gasteiger partial charge in [-0.05, 0) is 18.9 Å². The molecule has 0 N–H and O–H groups in total. The van der Waals surface area contributed by atoms with Gasteiger partial charge in [-0.2, -0.15) is 5.10 Å². The first-order valence-electron chi connectivity index (χ1n) is 9.47. The summed E-state index contributed by atoms with van der Waals surface area (Å²) in [6, 6.07) is 1.90. The van der Waals surface area contributed by atoms with Gasteiger partial charge in [0.05, 0.1) is 18.9 Å². The zero-order valence-corrected chi connectivity index (χ0v) is 16.3. The van der Waals surface area contributed by atoms with Crippen LogP contribution >= 0.6 is 0 Å². The molecule has 0 spiro atoms. The predicted molar refractivity (Wildman–Crippen MR) is 97.9 cm³/mol. The summed E-state index contributed by atoms with van der Waals surface area (Å²) in [7, 11) is 1.82. The highest BCUT2D eigenvalue weighted by Gasteiger charge is 2.32. The minimum absolute atomic E-state index is 0.00720. The fourth-order valence-corrected chi connectivity index (χ4v) is 3.57. The van der Waals surface area contributed by atoms with Crippen LogP contribution < -0.4 is 0 Å². The number of aryl methyl sites for hydroxylation is 1. The lowest BCUT2D eigenvalue weighted by molar-refractivity contribution is -0.141. The first-order chi connectivity index (χ1) is 12.3. The second-order valence-corrected chi connectivity index (χ2v) is 8.29. The molecule has 2 aliphatic rings. The molecule has 0 radical (unpaired) electrons. The lowest BCUT2D eigenvalue weighted by Gasteiger charge is -2.35. The fourth-order valence-electron chi connectivity index (χ4n) is 3.57. The Kier molecular flexibility index (Phi) is 5.37. The van der Waals surface area contributed by atoms with Gasteiger partial charge in [0, 0.05) is 44.6 Å². The molecular formula is C19H30N4O3. The van der Waals surface area contributed by atoms with Crippen molar-refractivity contribution in [3.8, 4) is 0 Å². The number of ether oxygens (including phenoxy) is 1. The van der Waals surface area contributed by atoms with Gasteiger partial charge in [0.1, 0.15) is 5.69 Å². The molecule has 7 heteroatoms. The summed E-state index contributed by atoms with van der Waals surface area (Å²) in [5.74, 6) is 0.248. The molecule has 0 aliphatic carbocycles. The van der Waals surface area contributed by atoms with E-state index in [1.807, 2.05) is 22.9 Å². The van der Waals surface area contributed by atoms with Gasteiger partial charge < -0.3 is 14.5 Å². The number of hydrogen-bond acceptors (Lipinski definition) is 4. The fraction of sp³-hybridized carbons (Fsp3) is 0.737. The Hall–Kier alpha value is -1.89. The van der Waals surface area contributed by atoms with E-state index >= 15 is 0 Å². The third kappa shape index (κ3) is 3.92. The van der Waals surface area contributed by atoms with Crippen molar-refractivity contribution in [2.45, 2.75) is 39.0 Å². The number of likely N-dealkylation sites (tertiary alicyclic amines) is 1. The van der Waals surface area contributed by atoms with Crippen LogP contribution in [0.25, 0.3) is 0 Å². The van der Waals surface area contributed by atoms with Crippen molar-refractivity contribution < 1.29 is 14.3 Å². The largest absolute Gasteiger partial charge is 0.378 e. The number of aromatic nitrogens is 2. The number of amides is 2. The van der Waals surface area contributed by atoms with Crippen molar-refractivity contribution in [1.29, 1.82) is 0 Å². The summed E-state index contributed by atoms with van der Waals surface area (Å²) >= 11 is 0. The smallest absolute Gasteiger partial charge is 0.272 e. The summed E-state index contributed by atoms with van der Waals surface area (Å²) in [6.45, 7) is 10.1. The molecule has 0 unspecified atom stereocenters. The molecule has 2 saturated heterocycles. The minimum Gasteiger partial charge on any atom is -0.378 e. The minimum atomic E-state index is -0.0894. The lowest BCUT2D eigenvalue weighted by atomic mass is 9.92. The van der Waals surface area contributed by atoms with Crippen LogP contribution in [0.15, 0.2) is 6.07 Å². The van der Waals surface area contributed by atoms with Crippen molar-refractivity contribution in [1.82, 2.24) is 19.6 Å². The zero-order chi connectivity index (χ0) is 18.9. The van der Waals surface area contributed by atoms with Crippen molar-refractivity contribution >= 4 is 11.8 Å². The molecule has 1 aromatic rings. The highest BCUT2D eigenvalue weighted by atomic mass is 16.5. The monoisotopic (exact) mass is 362 g/mol. The molecular weight excluding hydrogens is 332 g/mol. The average Bonchev–Trinajstić information content (AvgIpc) is 3.03. The number of nitrogens with zero attached hydrogens (tertiary/aromatic N) is 4. The van der Waals surface area contributed by atoms with Crippen molar-refractivity contribution in [2.24, 2.45) is 13.0 Å². The van der Waals surface area contributed by atoms with E-state index in [4.69, 9.17) is 4.74 Å². The maximum Gasteiger partial charge on any atom is 0.272 e. The van der Waals surface area contributed by atoms with Gasteiger partial charge in [-0.15, -0.1) is 0 Å². The number of carbonyl (C=O) groups is 2. The molecule has 0 saturated carbocycles. The molecule has 144 valence electrons. The predicted octanol–water partition coefficient (Wildman–Crippen LogP) is 1.43. The molecule has 26 heavy (non-hydrogen) atoms. The van der Waals surface area contributed by atoms with Crippen LogP contribution in [0.2, 0.25) is 0 Å². The Morgan fingerprint density at radius 2 is 1.69 bits per heavy atom. The van der Waals surface area contributed by atoms with E-state index in [2.05, 4.69) is 25.9 Å². The van der Waals surface area contributed by atoms with Gasteiger partial charge in [0.2, 0.25) is 5.91 Å². The summed E-state index contributed by atoms with van der Waals surface area (Å²) < 4.78 is 6.99. The van der Waals surface area contributed by atoms with E-state index in [1.165, 1.54) is 0 Å². The Balaban J connectivity index is 1.60. The Morgan fingerprint density at radius 1 is 1.08 bits per heavy atom. The third-order valence-corrected chi connectivity index (χ3v) is 5.32.